The minimum atomic E-state index is -0.398. The van der Waals surface area contributed by atoms with Crippen LogP contribution in [0.4, 0.5) is 5.82 Å². The predicted molar refractivity (Wildman–Crippen MR) is 77.3 cm³/mol. The van der Waals surface area contributed by atoms with E-state index in [2.05, 4.69) is 20.5 Å². The fourth-order valence-corrected chi connectivity index (χ4v) is 1.63. The van der Waals surface area contributed by atoms with Gasteiger partial charge in [0.2, 0.25) is 0 Å². The van der Waals surface area contributed by atoms with Crippen molar-refractivity contribution in [2.75, 3.05) is 11.9 Å². The average Bonchev–Trinajstić information content (AvgIpc) is 2.38. The normalized spacial score (nSPS) is 9.79. The molecule has 0 aliphatic carbocycles. The zero-order valence-corrected chi connectivity index (χ0v) is 11.6. The van der Waals surface area contributed by atoms with Crippen LogP contribution in [0.5, 0.6) is 0 Å². The maximum atomic E-state index is 10.8. The van der Waals surface area contributed by atoms with Crippen LogP contribution in [0.25, 0.3) is 0 Å². The molecule has 1 heterocycles. The lowest BCUT2D eigenvalue weighted by Crippen LogP contribution is -2.29. The molecule has 0 radical (unpaired) electrons. The molecule has 104 valence electrons. The monoisotopic (exact) mass is 282 g/mol. The number of aryl methyl sites for hydroxylation is 1. The van der Waals surface area contributed by atoms with Crippen LogP contribution < -0.4 is 16.5 Å². The van der Waals surface area contributed by atoms with Gasteiger partial charge in [-0.05, 0) is 49.7 Å². The van der Waals surface area contributed by atoms with E-state index in [0.29, 0.717) is 30.3 Å². The molecule has 0 saturated carbocycles. The summed E-state index contributed by atoms with van der Waals surface area (Å²) in [5.74, 6) is 5.04. The van der Waals surface area contributed by atoms with Crippen molar-refractivity contribution in [3.63, 3.8) is 0 Å². The fourth-order valence-electron chi connectivity index (χ4n) is 1.42. The second-order valence-corrected chi connectivity index (χ2v) is 4.45. The number of hydrogen-bond donors (Lipinski definition) is 3. The molecule has 6 nitrogen and oxygen atoms in total. The maximum absolute atomic E-state index is 10.8. The van der Waals surface area contributed by atoms with Crippen LogP contribution in [0.15, 0.2) is 18.3 Å². The van der Waals surface area contributed by atoms with E-state index in [-0.39, 0.29) is 0 Å². The van der Waals surface area contributed by atoms with Crippen LogP contribution in [-0.2, 0) is 9.63 Å². The second-order valence-electron chi connectivity index (χ2n) is 4.05. The highest BCUT2D eigenvalue weighted by molar-refractivity contribution is 7.80. The van der Waals surface area contributed by atoms with Gasteiger partial charge in [-0.1, -0.05) is 0 Å². The number of carbonyl (C=O) groups is 1. The van der Waals surface area contributed by atoms with Crippen LogP contribution in [0.1, 0.15) is 24.8 Å². The van der Waals surface area contributed by atoms with Gasteiger partial charge >= 0.3 is 5.97 Å². The highest BCUT2D eigenvalue weighted by Gasteiger charge is 2.01. The highest BCUT2D eigenvalue weighted by atomic mass is 32.1. The van der Waals surface area contributed by atoms with Gasteiger partial charge in [-0.25, -0.2) is 4.98 Å². The van der Waals surface area contributed by atoms with Gasteiger partial charge in [0, 0.05) is 19.2 Å². The average molecular weight is 282 g/mol. The number of aromatic nitrogens is 1. The Morgan fingerprint density at radius 3 is 3.00 bits per heavy atom. The third-order valence-corrected chi connectivity index (χ3v) is 2.63. The van der Waals surface area contributed by atoms with E-state index >= 15 is 0 Å². The van der Waals surface area contributed by atoms with Gasteiger partial charge < -0.3 is 15.5 Å². The zero-order chi connectivity index (χ0) is 14.1. The Kier molecular flexibility index (Phi) is 6.76. The first-order valence-electron chi connectivity index (χ1n) is 5.99. The molecule has 0 spiro atoms. The fraction of sp³-hybridized carbons (Fsp3) is 0.417. The minimum Gasteiger partial charge on any atom is -0.373 e. The number of nitrogens with one attached hydrogen (secondary N) is 2. The maximum Gasteiger partial charge on any atom is 0.324 e. The second kappa shape index (κ2) is 8.39. The summed E-state index contributed by atoms with van der Waals surface area (Å²) in [4.78, 5) is 19.0. The van der Waals surface area contributed by atoms with E-state index in [0.717, 1.165) is 12.0 Å². The van der Waals surface area contributed by atoms with Crippen molar-refractivity contribution in [3.05, 3.63) is 23.9 Å². The minimum absolute atomic E-state index is 0.317. The molecule has 0 bridgehead atoms. The third-order valence-electron chi connectivity index (χ3n) is 2.38. The molecule has 0 aliphatic heterocycles. The summed E-state index contributed by atoms with van der Waals surface area (Å²) in [5.41, 5.74) is 1.11. The number of nitrogens with two attached hydrogens (primary N) is 1. The summed E-state index contributed by atoms with van der Waals surface area (Å²) >= 11 is 5.13. The van der Waals surface area contributed by atoms with Crippen LogP contribution in [0, 0.1) is 6.92 Å². The van der Waals surface area contributed by atoms with Gasteiger partial charge in [-0.2, -0.15) is 5.90 Å². The molecular formula is C12H18N4O2S. The molecule has 4 N–H and O–H groups in total. The van der Waals surface area contributed by atoms with Crippen LogP contribution in [0.2, 0.25) is 0 Å². The number of nitrogens with zero attached hydrogens (tertiary/aromatic N) is 1. The molecular weight excluding hydrogens is 264 g/mol. The lowest BCUT2D eigenvalue weighted by molar-refractivity contribution is -0.144. The van der Waals surface area contributed by atoms with Crippen molar-refractivity contribution >= 4 is 29.1 Å². The molecule has 0 aliphatic rings. The standard InChI is InChI=1S/C12H18N4O2S/c1-9-5-7-14-10(8-9)16-12(19)15-6-3-2-4-11(17)18-13/h5,7-8H,2-4,6,13H2,1H3,(H2,14,15,16,19). The lowest BCUT2D eigenvalue weighted by Gasteiger charge is -2.09. The lowest BCUT2D eigenvalue weighted by atomic mass is 10.2. The number of carbonyl (C=O) groups excluding carboxylic acids is 1. The van der Waals surface area contributed by atoms with E-state index in [1.807, 2.05) is 19.1 Å². The third kappa shape index (κ3) is 6.68. The summed E-state index contributed by atoms with van der Waals surface area (Å²) in [6.45, 7) is 2.66. The molecule has 1 rings (SSSR count). The summed E-state index contributed by atoms with van der Waals surface area (Å²) in [5, 5.41) is 6.54. The van der Waals surface area contributed by atoms with Gasteiger partial charge in [0.05, 0.1) is 0 Å². The Morgan fingerprint density at radius 1 is 1.53 bits per heavy atom. The first kappa shape index (κ1) is 15.3. The molecule has 0 amide bonds. The summed E-state index contributed by atoms with van der Waals surface area (Å²) < 4.78 is 0. The van der Waals surface area contributed by atoms with Crippen molar-refractivity contribution in [3.8, 4) is 0 Å². The largest absolute Gasteiger partial charge is 0.373 e. The molecule has 19 heavy (non-hydrogen) atoms. The smallest absolute Gasteiger partial charge is 0.324 e. The first-order chi connectivity index (χ1) is 9.11. The molecule has 1 aromatic heterocycles. The molecule has 0 atom stereocenters. The Hall–Kier alpha value is -1.73. The summed E-state index contributed by atoms with van der Waals surface area (Å²) in [7, 11) is 0. The number of unbranched alkanes of at least 4 members (excludes halogenated alkanes) is 1. The van der Waals surface area contributed by atoms with Gasteiger partial charge in [-0.15, -0.1) is 0 Å². The summed E-state index contributed by atoms with van der Waals surface area (Å²) in [6, 6.07) is 3.82. The van der Waals surface area contributed by atoms with E-state index in [1.165, 1.54) is 0 Å². The Labute approximate surface area is 117 Å². The van der Waals surface area contributed by atoms with Crippen molar-refractivity contribution in [1.82, 2.24) is 10.3 Å². The molecule has 0 aromatic carbocycles. The van der Waals surface area contributed by atoms with Crippen molar-refractivity contribution < 1.29 is 9.63 Å². The number of rotatable bonds is 6. The topological polar surface area (TPSA) is 89.3 Å². The van der Waals surface area contributed by atoms with E-state index < -0.39 is 5.97 Å². The van der Waals surface area contributed by atoms with Gasteiger partial charge in [0.1, 0.15) is 5.82 Å². The van der Waals surface area contributed by atoms with Crippen molar-refractivity contribution in [2.45, 2.75) is 26.2 Å². The SMILES string of the molecule is Cc1ccnc(NC(=S)NCCCCC(=O)ON)c1. The first-order valence-corrected chi connectivity index (χ1v) is 6.39. The number of pyridine rings is 1. The van der Waals surface area contributed by atoms with Gasteiger partial charge in [-0.3, -0.25) is 4.79 Å². The van der Waals surface area contributed by atoms with Crippen LogP contribution in [-0.4, -0.2) is 22.6 Å². The van der Waals surface area contributed by atoms with Crippen molar-refractivity contribution in [1.29, 1.82) is 0 Å². The van der Waals surface area contributed by atoms with Crippen molar-refractivity contribution in [2.24, 2.45) is 5.90 Å². The van der Waals surface area contributed by atoms with E-state index in [1.54, 1.807) is 6.20 Å². The number of hydrogen-bond acceptors (Lipinski definition) is 5. The molecule has 7 heteroatoms. The van der Waals surface area contributed by atoms with E-state index in [9.17, 15) is 4.79 Å². The molecule has 1 aromatic rings. The molecule has 0 saturated heterocycles. The summed E-state index contributed by atoms with van der Waals surface area (Å²) in [6.07, 6.45) is 3.54. The van der Waals surface area contributed by atoms with Crippen LogP contribution >= 0.6 is 12.2 Å². The zero-order valence-electron chi connectivity index (χ0n) is 10.8. The van der Waals surface area contributed by atoms with Gasteiger partial charge in [0.25, 0.3) is 0 Å². The predicted octanol–water partition coefficient (Wildman–Crippen LogP) is 1.26. The Morgan fingerprint density at radius 2 is 2.32 bits per heavy atom. The van der Waals surface area contributed by atoms with Crippen LogP contribution in [0.3, 0.4) is 0 Å². The molecule has 0 fully saturated rings. The van der Waals surface area contributed by atoms with Gasteiger partial charge in [0.15, 0.2) is 5.11 Å². The Balaban J connectivity index is 2.16. The quantitative estimate of drug-likeness (QED) is 0.411. The number of thiocarbonyl (C=S) groups is 1. The van der Waals surface area contributed by atoms with E-state index in [4.69, 9.17) is 18.1 Å². The number of anilines is 1. The highest BCUT2D eigenvalue weighted by Crippen LogP contribution is 2.04. The molecule has 0 unspecified atom stereocenters. The Bertz CT molecular complexity index is 439.